The van der Waals surface area contributed by atoms with Crippen molar-refractivity contribution in [2.24, 2.45) is 0 Å². The van der Waals surface area contributed by atoms with Gasteiger partial charge in [-0.2, -0.15) is 0 Å². The van der Waals surface area contributed by atoms with Crippen molar-refractivity contribution in [1.29, 1.82) is 0 Å². The third-order valence-electron chi connectivity index (χ3n) is 6.74. The summed E-state index contributed by atoms with van der Waals surface area (Å²) >= 11 is 6.39. The van der Waals surface area contributed by atoms with Crippen LogP contribution in [0.15, 0.2) is 89.9 Å². The van der Waals surface area contributed by atoms with Gasteiger partial charge in [-0.25, -0.2) is 4.98 Å². The van der Waals surface area contributed by atoms with E-state index >= 15 is 0 Å². The van der Waals surface area contributed by atoms with Gasteiger partial charge in [0.25, 0.3) is 11.5 Å². The number of fused-ring (bicyclic) bond motifs is 2. The van der Waals surface area contributed by atoms with Crippen LogP contribution in [0.1, 0.15) is 16.1 Å². The largest absolute Gasteiger partial charge is 0.367 e. The summed E-state index contributed by atoms with van der Waals surface area (Å²) in [5.41, 5.74) is 3.37. The van der Waals surface area contributed by atoms with Crippen molar-refractivity contribution in [2.45, 2.75) is 6.54 Å². The summed E-state index contributed by atoms with van der Waals surface area (Å²) < 4.78 is 3.40. The number of nitrogens with zero attached hydrogens (tertiary/aromatic N) is 5. The van der Waals surface area contributed by atoms with Crippen LogP contribution in [0, 0.1) is 0 Å². The first-order chi connectivity index (χ1) is 17.6. The quantitative estimate of drug-likeness (QED) is 0.371. The molecule has 4 heterocycles. The number of hydrogen-bond acceptors (Lipinski definition) is 4. The van der Waals surface area contributed by atoms with Crippen molar-refractivity contribution in [3.8, 4) is 0 Å². The fraction of sp³-hybridized carbons (Fsp3) is 0.179. The SMILES string of the molecule is O=C(c1cc2c(=O)n3ccccc3nc2n1Cc1ccccc1)N1CCN(c2ccccc2Cl)CC1. The number of anilines is 1. The van der Waals surface area contributed by atoms with Gasteiger partial charge in [-0.15, -0.1) is 0 Å². The molecule has 8 heteroatoms. The van der Waals surface area contributed by atoms with E-state index in [4.69, 9.17) is 16.6 Å². The Morgan fingerprint density at radius 2 is 1.61 bits per heavy atom. The Labute approximate surface area is 212 Å². The van der Waals surface area contributed by atoms with E-state index in [0.717, 1.165) is 11.3 Å². The number of para-hydroxylation sites is 1. The summed E-state index contributed by atoms with van der Waals surface area (Å²) in [5.74, 6) is -0.101. The highest BCUT2D eigenvalue weighted by Gasteiger charge is 2.27. The Morgan fingerprint density at radius 1 is 0.889 bits per heavy atom. The van der Waals surface area contributed by atoms with Crippen LogP contribution in [0.5, 0.6) is 0 Å². The normalized spacial score (nSPS) is 14.0. The molecule has 0 atom stereocenters. The van der Waals surface area contributed by atoms with Crippen LogP contribution in [-0.4, -0.2) is 50.9 Å². The minimum absolute atomic E-state index is 0.101. The van der Waals surface area contributed by atoms with Crippen molar-refractivity contribution < 1.29 is 4.79 Å². The predicted octanol–water partition coefficient (Wildman–Crippen LogP) is 4.31. The van der Waals surface area contributed by atoms with E-state index in [9.17, 15) is 9.59 Å². The average Bonchev–Trinajstić information content (AvgIpc) is 3.27. The van der Waals surface area contributed by atoms with Gasteiger partial charge < -0.3 is 14.4 Å². The summed E-state index contributed by atoms with van der Waals surface area (Å²) in [5, 5.41) is 1.14. The summed E-state index contributed by atoms with van der Waals surface area (Å²) in [6.45, 7) is 2.93. The van der Waals surface area contributed by atoms with Gasteiger partial charge in [0.1, 0.15) is 17.0 Å². The van der Waals surface area contributed by atoms with Crippen molar-refractivity contribution in [2.75, 3.05) is 31.1 Å². The van der Waals surface area contributed by atoms with Gasteiger partial charge in [-0.1, -0.05) is 60.1 Å². The van der Waals surface area contributed by atoms with E-state index in [0.29, 0.717) is 60.1 Å². The van der Waals surface area contributed by atoms with E-state index in [1.807, 2.05) is 70.1 Å². The molecule has 6 rings (SSSR count). The van der Waals surface area contributed by atoms with Gasteiger partial charge in [-0.3, -0.25) is 14.0 Å². The fourth-order valence-electron chi connectivity index (χ4n) is 4.88. The molecule has 0 N–H and O–H groups in total. The molecule has 1 aliphatic heterocycles. The van der Waals surface area contributed by atoms with Gasteiger partial charge >= 0.3 is 0 Å². The number of piperazine rings is 1. The minimum atomic E-state index is -0.181. The highest BCUT2D eigenvalue weighted by molar-refractivity contribution is 6.33. The van der Waals surface area contributed by atoms with Crippen LogP contribution in [0.4, 0.5) is 5.69 Å². The maximum Gasteiger partial charge on any atom is 0.270 e. The molecule has 1 amide bonds. The molecule has 1 fully saturated rings. The number of rotatable bonds is 4. The van der Waals surface area contributed by atoms with Crippen molar-refractivity contribution >= 4 is 39.9 Å². The van der Waals surface area contributed by atoms with E-state index in [1.165, 1.54) is 4.40 Å². The molecule has 0 unspecified atom stereocenters. The molecule has 0 saturated carbocycles. The van der Waals surface area contributed by atoms with E-state index in [1.54, 1.807) is 24.4 Å². The number of carbonyl (C=O) groups excluding carboxylic acids is 1. The number of halogens is 1. The molecule has 1 saturated heterocycles. The Kier molecular flexibility index (Phi) is 5.70. The molecule has 2 aromatic carbocycles. The molecule has 180 valence electrons. The smallest absolute Gasteiger partial charge is 0.270 e. The van der Waals surface area contributed by atoms with Crippen LogP contribution in [-0.2, 0) is 6.54 Å². The van der Waals surface area contributed by atoms with Gasteiger partial charge in [0.05, 0.1) is 16.1 Å². The molecule has 0 bridgehead atoms. The van der Waals surface area contributed by atoms with Gasteiger partial charge in [0, 0.05) is 38.9 Å². The molecule has 0 spiro atoms. The minimum Gasteiger partial charge on any atom is -0.367 e. The summed E-state index contributed by atoms with van der Waals surface area (Å²) in [4.78, 5) is 35.9. The first-order valence-corrected chi connectivity index (χ1v) is 12.3. The Morgan fingerprint density at radius 3 is 2.39 bits per heavy atom. The number of benzene rings is 2. The van der Waals surface area contributed by atoms with Gasteiger partial charge in [-0.05, 0) is 35.9 Å². The second-order valence-electron chi connectivity index (χ2n) is 8.92. The monoisotopic (exact) mass is 497 g/mol. The number of pyridine rings is 1. The number of hydrogen-bond donors (Lipinski definition) is 0. The maximum absolute atomic E-state index is 13.8. The molecule has 7 nitrogen and oxygen atoms in total. The Balaban J connectivity index is 1.38. The highest BCUT2D eigenvalue weighted by Crippen LogP contribution is 2.27. The second kappa shape index (κ2) is 9.17. The third kappa shape index (κ3) is 3.91. The van der Waals surface area contributed by atoms with Crippen LogP contribution < -0.4 is 10.5 Å². The lowest BCUT2D eigenvalue weighted by Crippen LogP contribution is -2.49. The first-order valence-electron chi connectivity index (χ1n) is 11.9. The average molecular weight is 498 g/mol. The van der Waals surface area contributed by atoms with E-state index in [-0.39, 0.29) is 11.5 Å². The summed E-state index contributed by atoms with van der Waals surface area (Å²) in [6.07, 6.45) is 1.70. The Bertz CT molecular complexity index is 1630. The zero-order valence-electron chi connectivity index (χ0n) is 19.5. The van der Waals surface area contributed by atoms with Crippen LogP contribution in [0.3, 0.4) is 0 Å². The number of carbonyl (C=O) groups is 1. The zero-order valence-corrected chi connectivity index (χ0v) is 20.3. The summed E-state index contributed by atoms with van der Waals surface area (Å²) in [7, 11) is 0. The molecule has 3 aromatic heterocycles. The lowest BCUT2D eigenvalue weighted by atomic mass is 10.2. The first kappa shape index (κ1) is 22.4. The molecular weight excluding hydrogens is 474 g/mol. The van der Waals surface area contributed by atoms with Crippen LogP contribution in [0.2, 0.25) is 5.02 Å². The van der Waals surface area contributed by atoms with Crippen LogP contribution in [0.25, 0.3) is 16.7 Å². The predicted molar refractivity (Wildman–Crippen MR) is 142 cm³/mol. The topological polar surface area (TPSA) is 62.9 Å². The number of aromatic nitrogens is 3. The molecule has 5 aromatic rings. The van der Waals surface area contributed by atoms with Crippen molar-refractivity contribution in [3.63, 3.8) is 0 Å². The zero-order chi connectivity index (χ0) is 24.6. The van der Waals surface area contributed by atoms with Crippen molar-refractivity contribution in [3.05, 3.63) is 112 Å². The number of amides is 1. The van der Waals surface area contributed by atoms with Gasteiger partial charge in [0.15, 0.2) is 0 Å². The molecular formula is C28H24ClN5O2. The molecule has 0 radical (unpaired) electrons. The highest BCUT2D eigenvalue weighted by atomic mass is 35.5. The standard InChI is InChI=1S/C28H24ClN5O2/c29-22-10-4-5-11-23(22)31-14-16-32(17-15-31)28(36)24-18-21-26(34(24)19-20-8-2-1-3-9-20)30-25-12-6-7-13-33(25)27(21)35/h1-13,18H,14-17,19H2. The Hall–Kier alpha value is -4.10. The fourth-order valence-corrected chi connectivity index (χ4v) is 5.13. The van der Waals surface area contributed by atoms with Crippen molar-refractivity contribution in [1.82, 2.24) is 18.9 Å². The van der Waals surface area contributed by atoms with E-state index < -0.39 is 0 Å². The molecule has 0 aliphatic carbocycles. The third-order valence-corrected chi connectivity index (χ3v) is 7.06. The lowest BCUT2D eigenvalue weighted by molar-refractivity contribution is 0.0737. The van der Waals surface area contributed by atoms with Crippen LogP contribution >= 0.6 is 11.6 Å². The molecule has 36 heavy (non-hydrogen) atoms. The lowest BCUT2D eigenvalue weighted by Gasteiger charge is -2.36. The van der Waals surface area contributed by atoms with Gasteiger partial charge in [0.2, 0.25) is 0 Å². The maximum atomic E-state index is 13.8. The summed E-state index contributed by atoms with van der Waals surface area (Å²) in [6, 6.07) is 24.8. The molecule has 1 aliphatic rings. The second-order valence-corrected chi connectivity index (χ2v) is 9.32. The van der Waals surface area contributed by atoms with E-state index in [2.05, 4.69) is 4.90 Å².